The largest absolute Gasteiger partial charge is 0.318 e. The van der Waals surface area contributed by atoms with Crippen LogP contribution in [0.15, 0.2) is 42.5 Å². The first-order valence-corrected chi connectivity index (χ1v) is 7.16. The van der Waals surface area contributed by atoms with E-state index in [1.165, 1.54) is 12.1 Å². The van der Waals surface area contributed by atoms with E-state index < -0.39 is 6.04 Å². The van der Waals surface area contributed by atoms with E-state index >= 15 is 0 Å². The highest BCUT2D eigenvalue weighted by Gasteiger charge is 2.37. The Labute approximate surface area is 128 Å². The van der Waals surface area contributed by atoms with Crippen molar-refractivity contribution in [2.75, 3.05) is 6.54 Å². The highest BCUT2D eigenvalue weighted by atomic mass is 19.1. The molecule has 3 nitrogen and oxygen atoms in total. The van der Waals surface area contributed by atoms with Crippen LogP contribution in [-0.4, -0.2) is 17.4 Å². The maximum atomic E-state index is 12.9. The molecular formula is C18H15FN2O. The van der Waals surface area contributed by atoms with E-state index in [0.29, 0.717) is 18.5 Å². The molecule has 0 spiro atoms. The Kier molecular flexibility index (Phi) is 3.64. The van der Waals surface area contributed by atoms with Gasteiger partial charge < -0.3 is 4.90 Å². The molecular weight excluding hydrogens is 279 g/mol. The summed E-state index contributed by atoms with van der Waals surface area (Å²) in [6, 6.07) is 13.5. The maximum Gasteiger partial charge on any atom is 0.255 e. The topological polar surface area (TPSA) is 44.1 Å². The molecule has 1 aliphatic rings. The van der Waals surface area contributed by atoms with Crippen LogP contribution in [-0.2, 0) is 6.42 Å². The number of fused-ring (bicyclic) bond motifs is 1. The van der Waals surface area contributed by atoms with Crippen molar-refractivity contribution in [3.63, 3.8) is 0 Å². The summed E-state index contributed by atoms with van der Waals surface area (Å²) in [6.45, 7) is 2.32. The van der Waals surface area contributed by atoms with Gasteiger partial charge in [0.1, 0.15) is 11.9 Å². The standard InChI is InChI=1S/C18H15FN2O/c1-12-3-2-4-15-16(11-20)21(18(22)17(12)15)10-9-13-5-7-14(19)8-6-13/h2-8,16H,9-10H2,1H3. The van der Waals surface area contributed by atoms with Gasteiger partial charge in [-0.1, -0.05) is 30.3 Å². The normalized spacial score (nSPS) is 16.5. The molecule has 0 bridgehead atoms. The molecule has 0 aliphatic carbocycles. The summed E-state index contributed by atoms with van der Waals surface area (Å²) in [7, 11) is 0. The van der Waals surface area contributed by atoms with Crippen LogP contribution < -0.4 is 0 Å². The fourth-order valence-corrected chi connectivity index (χ4v) is 2.91. The lowest BCUT2D eigenvalue weighted by Crippen LogP contribution is -2.29. The minimum atomic E-state index is -0.539. The first-order chi connectivity index (χ1) is 10.6. The fourth-order valence-electron chi connectivity index (χ4n) is 2.91. The Bertz CT molecular complexity index is 762. The Balaban J connectivity index is 1.83. The highest BCUT2D eigenvalue weighted by molar-refractivity contribution is 6.01. The second-order valence-electron chi connectivity index (χ2n) is 5.45. The Morgan fingerprint density at radius 3 is 2.64 bits per heavy atom. The number of halogens is 1. The van der Waals surface area contributed by atoms with E-state index in [9.17, 15) is 14.4 Å². The Hall–Kier alpha value is -2.67. The average Bonchev–Trinajstić information content (AvgIpc) is 2.80. The fraction of sp³-hybridized carbons (Fsp3) is 0.222. The van der Waals surface area contributed by atoms with Gasteiger partial charge in [-0.05, 0) is 36.6 Å². The van der Waals surface area contributed by atoms with Crippen molar-refractivity contribution >= 4 is 5.91 Å². The van der Waals surface area contributed by atoms with Crippen molar-refractivity contribution in [1.82, 2.24) is 4.90 Å². The third-order valence-electron chi connectivity index (χ3n) is 4.06. The maximum absolute atomic E-state index is 12.9. The summed E-state index contributed by atoms with van der Waals surface area (Å²) < 4.78 is 12.9. The van der Waals surface area contributed by atoms with E-state index in [2.05, 4.69) is 6.07 Å². The monoisotopic (exact) mass is 294 g/mol. The average molecular weight is 294 g/mol. The molecule has 1 unspecified atom stereocenters. The molecule has 0 radical (unpaired) electrons. The molecule has 22 heavy (non-hydrogen) atoms. The van der Waals surface area contributed by atoms with Crippen molar-refractivity contribution in [2.24, 2.45) is 0 Å². The van der Waals surface area contributed by atoms with Gasteiger partial charge in [0.25, 0.3) is 5.91 Å². The number of carbonyl (C=O) groups is 1. The zero-order chi connectivity index (χ0) is 15.7. The number of aryl methyl sites for hydroxylation is 1. The van der Waals surface area contributed by atoms with Gasteiger partial charge in [0.05, 0.1) is 6.07 Å². The smallest absolute Gasteiger partial charge is 0.255 e. The van der Waals surface area contributed by atoms with Crippen LogP contribution in [0.2, 0.25) is 0 Å². The summed E-state index contributed by atoms with van der Waals surface area (Å²) >= 11 is 0. The van der Waals surface area contributed by atoms with Gasteiger partial charge in [0, 0.05) is 17.7 Å². The number of nitrogens with zero attached hydrogens (tertiary/aromatic N) is 2. The zero-order valence-corrected chi connectivity index (χ0v) is 12.2. The van der Waals surface area contributed by atoms with Crippen LogP contribution in [0.25, 0.3) is 0 Å². The molecule has 2 aromatic carbocycles. The molecule has 0 aromatic heterocycles. The Morgan fingerprint density at radius 2 is 1.95 bits per heavy atom. The van der Waals surface area contributed by atoms with Crippen molar-refractivity contribution < 1.29 is 9.18 Å². The molecule has 1 aliphatic heterocycles. The van der Waals surface area contributed by atoms with Crippen molar-refractivity contribution in [3.05, 3.63) is 70.5 Å². The van der Waals surface area contributed by atoms with Crippen LogP contribution in [0.3, 0.4) is 0 Å². The molecule has 0 N–H and O–H groups in total. The van der Waals surface area contributed by atoms with Gasteiger partial charge in [-0.3, -0.25) is 4.79 Å². The summed E-state index contributed by atoms with van der Waals surface area (Å²) in [5.41, 5.74) is 3.27. The van der Waals surface area contributed by atoms with Gasteiger partial charge in [0.2, 0.25) is 0 Å². The third kappa shape index (κ3) is 2.35. The second-order valence-corrected chi connectivity index (χ2v) is 5.45. The lowest BCUT2D eigenvalue weighted by molar-refractivity contribution is 0.0759. The first-order valence-electron chi connectivity index (χ1n) is 7.16. The molecule has 1 atom stereocenters. The number of rotatable bonds is 3. The number of benzene rings is 2. The molecule has 0 saturated carbocycles. The number of carbonyl (C=O) groups excluding carboxylic acids is 1. The first kappa shape index (κ1) is 14.3. The minimum Gasteiger partial charge on any atom is -0.318 e. The van der Waals surface area contributed by atoms with E-state index in [1.54, 1.807) is 17.0 Å². The Morgan fingerprint density at radius 1 is 1.23 bits per heavy atom. The molecule has 2 aromatic rings. The van der Waals surface area contributed by atoms with Crippen LogP contribution in [0.5, 0.6) is 0 Å². The highest BCUT2D eigenvalue weighted by Crippen LogP contribution is 2.34. The van der Waals surface area contributed by atoms with E-state index in [1.807, 2.05) is 25.1 Å². The summed E-state index contributed by atoms with van der Waals surface area (Å²) in [5, 5.41) is 9.43. The van der Waals surface area contributed by atoms with Crippen LogP contribution in [0, 0.1) is 24.1 Å². The van der Waals surface area contributed by atoms with Crippen molar-refractivity contribution in [1.29, 1.82) is 5.26 Å². The van der Waals surface area contributed by atoms with Crippen LogP contribution >= 0.6 is 0 Å². The van der Waals surface area contributed by atoms with Crippen molar-refractivity contribution in [3.8, 4) is 6.07 Å². The van der Waals surface area contributed by atoms with E-state index in [4.69, 9.17) is 0 Å². The number of hydrogen-bond acceptors (Lipinski definition) is 2. The number of hydrogen-bond donors (Lipinski definition) is 0. The van der Waals surface area contributed by atoms with Crippen LogP contribution in [0.1, 0.15) is 33.1 Å². The molecule has 0 fully saturated rings. The molecule has 1 heterocycles. The van der Waals surface area contributed by atoms with E-state index in [-0.39, 0.29) is 11.7 Å². The zero-order valence-electron chi connectivity index (χ0n) is 12.2. The van der Waals surface area contributed by atoms with Crippen LogP contribution in [0.4, 0.5) is 4.39 Å². The van der Waals surface area contributed by atoms with Gasteiger partial charge >= 0.3 is 0 Å². The predicted molar refractivity (Wildman–Crippen MR) is 80.7 cm³/mol. The minimum absolute atomic E-state index is 0.0956. The summed E-state index contributed by atoms with van der Waals surface area (Å²) in [4.78, 5) is 14.2. The molecule has 4 heteroatoms. The summed E-state index contributed by atoms with van der Waals surface area (Å²) in [6.07, 6.45) is 0.594. The SMILES string of the molecule is Cc1cccc2c1C(=O)N(CCc1ccc(F)cc1)C2C#N. The van der Waals surface area contributed by atoms with Gasteiger partial charge in [0.15, 0.2) is 0 Å². The molecule has 3 rings (SSSR count). The molecule has 1 amide bonds. The van der Waals surface area contributed by atoms with Gasteiger partial charge in [-0.2, -0.15) is 5.26 Å². The number of nitriles is 1. The lowest BCUT2D eigenvalue weighted by Gasteiger charge is -2.20. The number of amides is 1. The van der Waals surface area contributed by atoms with Crippen molar-refractivity contribution in [2.45, 2.75) is 19.4 Å². The lowest BCUT2D eigenvalue weighted by atomic mass is 10.0. The quantitative estimate of drug-likeness (QED) is 0.871. The van der Waals surface area contributed by atoms with Gasteiger partial charge in [-0.15, -0.1) is 0 Å². The second kappa shape index (κ2) is 5.61. The third-order valence-corrected chi connectivity index (χ3v) is 4.06. The van der Waals surface area contributed by atoms with Gasteiger partial charge in [-0.25, -0.2) is 4.39 Å². The summed E-state index contributed by atoms with van der Waals surface area (Å²) in [5.74, 6) is -0.374. The molecule has 110 valence electrons. The van der Waals surface area contributed by atoms with E-state index in [0.717, 1.165) is 16.7 Å². The predicted octanol–water partition coefficient (Wildman–Crippen LogP) is 3.40. The molecule has 0 saturated heterocycles.